The molecular formula is C40H52ClN3O8S. The average molecular weight is 770 g/mol. The molecule has 2 amide bonds. The van der Waals surface area contributed by atoms with E-state index in [1.807, 2.05) is 18.2 Å². The Hall–Kier alpha value is -3.00. The van der Waals surface area contributed by atoms with E-state index >= 15 is 0 Å². The number of ether oxygens (including phenoxy) is 5. The van der Waals surface area contributed by atoms with Gasteiger partial charge in [-0.15, -0.1) is 4.36 Å². The minimum atomic E-state index is -3.60. The number of hydrogen-bond acceptors (Lipinski definition) is 9. The Morgan fingerprint density at radius 1 is 1.13 bits per heavy atom. The van der Waals surface area contributed by atoms with Crippen LogP contribution in [0.2, 0.25) is 5.02 Å². The first-order chi connectivity index (χ1) is 25.7. The fraction of sp³-hybridized carbons (Fsp3) is 0.600. The predicted octanol–water partition coefficient (Wildman–Crippen LogP) is 5.91. The van der Waals surface area contributed by atoms with Crippen molar-refractivity contribution in [2.75, 3.05) is 71.0 Å². The van der Waals surface area contributed by atoms with E-state index in [2.05, 4.69) is 38.3 Å². The van der Waals surface area contributed by atoms with Gasteiger partial charge in [-0.1, -0.05) is 29.8 Å². The molecule has 3 heterocycles. The zero-order valence-electron chi connectivity index (χ0n) is 30.8. The van der Waals surface area contributed by atoms with Crippen LogP contribution in [0.3, 0.4) is 0 Å². The molecule has 2 aliphatic carbocycles. The second kappa shape index (κ2) is 16.8. The molecule has 1 saturated carbocycles. The molecule has 2 fully saturated rings. The summed E-state index contributed by atoms with van der Waals surface area (Å²) >= 11 is 6.46. The van der Waals surface area contributed by atoms with Crippen molar-refractivity contribution >= 4 is 39.0 Å². The van der Waals surface area contributed by atoms with E-state index in [1.165, 1.54) is 11.1 Å². The highest BCUT2D eigenvalue weighted by molar-refractivity contribution is 7.92. The third kappa shape index (κ3) is 8.79. The fourth-order valence-electron chi connectivity index (χ4n) is 8.86. The van der Waals surface area contributed by atoms with Crippen LogP contribution in [0.5, 0.6) is 5.75 Å². The number of carbonyl (C=O) groups excluding carboxylic acids is 2. The Morgan fingerprint density at radius 2 is 1.98 bits per heavy atom. The number of nitrogens with zero attached hydrogens (tertiary/aromatic N) is 2. The lowest BCUT2D eigenvalue weighted by Gasteiger charge is -2.46. The van der Waals surface area contributed by atoms with Gasteiger partial charge in [-0.3, -0.25) is 14.3 Å². The van der Waals surface area contributed by atoms with E-state index < -0.39 is 21.7 Å². The molecule has 0 unspecified atom stereocenters. The molecule has 0 aromatic heterocycles. The summed E-state index contributed by atoms with van der Waals surface area (Å²) in [5, 5.41) is 0.736. The Bertz CT molecular complexity index is 1810. The Morgan fingerprint density at radius 3 is 2.75 bits per heavy atom. The molecule has 13 heteroatoms. The first-order valence-corrected chi connectivity index (χ1v) is 21.0. The number of aryl methyl sites for hydroxylation is 1. The molecule has 53 heavy (non-hydrogen) atoms. The molecule has 6 atom stereocenters. The van der Waals surface area contributed by atoms with Crippen LogP contribution in [0, 0.1) is 17.8 Å². The van der Waals surface area contributed by atoms with Gasteiger partial charge in [0, 0.05) is 56.5 Å². The zero-order valence-corrected chi connectivity index (χ0v) is 32.3. The number of methoxy groups -OCH3 is 2. The highest BCUT2D eigenvalue weighted by Crippen LogP contribution is 2.47. The van der Waals surface area contributed by atoms with Gasteiger partial charge in [0.2, 0.25) is 0 Å². The number of rotatable bonds is 7. The van der Waals surface area contributed by atoms with Gasteiger partial charge in [-0.2, -0.15) is 0 Å². The second-order valence-electron chi connectivity index (χ2n) is 15.3. The van der Waals surface area contributed by atoms with E-state index in [-0.39, 0.29) is 48.1 Å². The van der Waals surface area contributed by atoms with Crippen LogP contribution in [0.1, 0.15) is 66.4 Å². The third-order valence-corrected chi connectivity index (χ3v) is 13.9. The molecule has 288 valence electrons. The van der Waals surface area contributed by atoms with Gasteiger partial charge in [0.25, 0.3) is 11.8 Å². The topological polar surface area (TPSA) is 125 Å². The Balaban J connectivity index is 1.26. The number of carbonyl (C=O) groups is 2. The summed E-state index contributed by atoms with van der Waals surface area (Å²) in [5.74, 6) is -0.250. The van der Waals surface area contributed by atoms with Gasteiger partial charge in [-0.25, -0.2) is 4.21 Å². The lowest BCUT2D eigenvalue weighted by Crippen LogP contribution is -2.49. The van der Waals surface area contributed by atoms with Crippen LogP contribution in [-0.4, -0.2) is 94.3 Å². The molecular weight excluding hydrogens is 718 g/mol. The number of fused-ring (bicyclic) bond motifs is 4. The van der Waals surface area contributed by atoms with Crippen LogP contribution < -0.4 is 14.4 Å². The van der Waals surface area contributed by atoms with Crippen LogP contribution in [0.15, 0.2) is 52.9 Å². The van der Waals surface area contributed by atoms with E-state index in [4.69, 9.17) is 35.3 Å². The number of amides is 2. The Kier molecular flexibility index (Phi) is 12.1. The van der Waals surface area contributed by atoms with Crippen molar-refractivity contribution in [1.82, 2.24) is 4.72 Å². The number of halogens is 1. The van der Waals surface area contributed by atoms with Gasteiger partial charge in [0.1, 0.15) is 22.3 Å². The van der Waals surface area contributed by atoms with Crippen LogP contribution >= 0.6 is 11.6 Å². The molecule has 2 aromatic rings. The monoisotopic (exact) mass is 769 g/mol. The highest BCUT2D eigenvalue weighted by Gasteiger charge is 2.44. The molecule has 2 aromatic carbocycles. The van der Waals surface area contributed by atoms with E-state index in [0.717, 1.165) is 49.4 Å². The number of nitrogens with one attached hydrogen (secondary N) is 1. The maximum atomic E-state index is 14.6. The summed E-state index contributed by atoms with van der Waals surface area (Å²) in [6.45, 7) is 3.08. The van der Waals surface area contributed by atoms with Gasteiger partial charge >= 0.3 is 0 Å². The van der Waals surface area contributed by atoms with Crippen molar-refractivity contribution in [2.45, 2.75) is 69.0 Å². The lowest BCUT2D eigenvalue weighted by molar-refractivity contribution is -0.128. The summed E-state index contributed by atoms with van der Waals surface area (Å²) in [6.07, 6.45) is 10.9. The predicted molar refractivity (Wildman–Crippen MR) is 204 cm³/mol. The molecule has 1 saturated heterocycles. The van der Waals surface area contributed by atoms with Crippen LogP contribution in [-0.2, 0) is 45.5 Å². The second-order valence-corrected chi connectivity index (χ2v) is 17.8. The van der Waals surface area contributed by atoms with Gasteiger partial charge in [-0.05, 0) is 111 Å². The minimum Gasteiger partial charge on any atom is -0.490 e. The van der Waals surface area contributed by atoms with Crippen LogP contribution in [0.25, 0.3) is 0 Å². The fourth-order valence-corrected chi connectivity index (χ4v) is 10.9. The largest absolute Gasteiger partial charge is 0.490 e. The van der Waals surface area contributed by atoms with E-state index in [9.17, 15) is 13.8 Å². The van der Waals surface area contributed by atoms with Gasteiger partial charge in [0.05, 0.1) is 36.9 Å². The molecule has 3 aliphatic heterocycles. The molecule has 2 bridgehead atoms. The van der Waals surface area contributed by atoms with Crippen molar-refractivity contribution in [3.63, 3.8) is 0 Å². The SMILES string of the molecule is COC[C@H]1C/C=C/[C@H](OC)[C@@H]2CC[C@H]2CN2C[C@@]3(CCCc4cc(Cl)ccc43)COc3ccc(cc32)C(=O)N=[S@@](=O)(NC(=O)COC2CCOCC2)C1. The summed E-state index contributed by atoms with van der Waals surface area (Å²) in [5.41, 5.74) is 3.34. The Labute approximate surface area is 318 Å². The smallest absolute Gasteiger partial charge is 0.286 e. The lowest BCUT2D eigenvalue weighted by atomic mass is 9.68. The van der Waals surface area contributed by atoms with E-state index in [0.29, 0.717) is 63.2 Å². The number of hydrogen-bond donors (Lipinski definition) is 1. The van der Waals surface area contributed by atoms with Gasteiger partial charge < -0.3 is 28.6 Å². The summed E-state index contributed by atoms with van der Waals surface area (Å²) < 4.78 is 51.0. The van der Waals surface area contributed by atoms with Crippen molar-refractivity contribution < 1.29 is 37.5 Å². The number of benzene rings is 2. The minimum absolute atomic E-state index is 0.0737. The molecule has 5 aliphatic rings. The number of allylic oxidation sites excluding steroid dienone is 1. The first-order valence-electron chi connectivity index (χ1n) is 19.0. The standard InChI is InChI=1S/C40H52ClN3O8S/c1-48-22-27-5-3-7-36(49-2)33-11-8-30(33)21-44-25-40(16-4-6-28-19-31(41)10-12-34(28)40)26-52-37-13-9-29(20-35(37)44)39(46)43-53(47,24-27)42-38(45)23-51-32-14-17-50-18-15-32/h3,7,9-10,12-13,19-20,27,30,32-33,36H,4-6,8,11,14-18,21-26H2,1-2H3,(H,42,43,45,46,47)/b7-3+/t27-,30+,33-,36+,40+,53+/m1/s1. The molecule has 11 nitrogen and oxygen atoms in total. The number of anilines is 1. The van der Waals surface area contributed by atoms with E-state index in [1.54, 1.807) is 20.3 Å². The van der Waals surface area contributed by atoms with Crippen molar-refractivity contribution in [3.8, 4) is 5.75 Å². The maximum absolute atomic E-state index is 14.6. The van der Waals surface area contributed by atoms with Crippen LogP contribution in [0.4, 0.5) is 5.69 Å². The molecule has 7 rings (SSSR count). The summed E-state index contributed by atoms with van der Waals surface area (Å²) in [7, 11) is -0.260. The summed E-state index contributed by atoms with van der Waals surface area (Å²) in [6, 6.07) is 11.5. The first kappa shape index (κ1) is 38.3. The van der Waals surface area contributed by atoms with Crippen molar-refractivity contribution in [2.24, 2.45) is 22.1 Å². The average Bonchev–Trinajstić information content (AvgIpc) is 3.28. The third-order valence-electron chi connectivity index (χ3n) is 11.7. The summed E-state index contributed by atoms with van der Waals surface area (Å²) in [4.78, 5) is 29.7. The molecule has 0 radical (unpaired) electrons. The molecule has 1 N–H and O–H groups in total. The zero-order chi connectivity index (χ0) is 37.0. The highest BCUT2D eigenvalue weighted by atomic mass is 35.5. The normalized spacial score (nSPS) is 31.2. The van der Waals surface area contributed by atoms with Crippen molar-refractivity contribution in [3.05, 3.63) is 70.3 Å². The quantitative estimate of drug-likeness (QED) is 0.343. The molecule has 1 spiro atoms. The van der Waals surface area contributed by atoms with Gasteiger partial charge in [0.15, 0.2) is 0 Å². The maximum Gasteiger partial charge on any atom is 0.286 e. The van der Waals surface area contributed by atoms with Crippen molar-refractivity contribution in [1.29, 1.82) is 0 Å².